The van der Waals surface area contributed by atoms with Crippen LogP contribution in [0.3, 0.4) is 0 Å². The first kappa shape index (κ1) is 22.5. The van der Waals surface area contributed by atoms with Crippen LogP contribution in [0.2, 0.25) is 0 Å². The number of aromatic amines is 1. The lowest BCUT2D eigenvalue weighted by molar-refractivity contribution is -0.119. The number of carbonyl (C=O) groups is 1. The van der Waals surface area contributed by atoms with E-state index in [2.05, 4.69) is 10.1 Å². The van der Waals surface area contributed by atoms with Gasteiger partial charge in [-0.1, -0.05) is 38.3 Å². The highest BCUT2D eigenvalue weighted by atomic mass is 16.2. The van der Waals surface area contributed by atoms with Crippen molar-refractivity contribution in [2.75, 3.05) is 10.6 Å². The number of aromatic nitrogens is 4. The smallest absolute Gasteiger partial charge is 0.330 e. The molecule has 3 aromatic rings. The van der Waals surface area contributed by atoms with Crippen molar-refractivity contribution in [2.24, 2.45) is 0 Å². The maximum atomic E-state index is 13.6. The number of fused-ring (bicyclic) bond motifs is 1. The Kier molecular flexibility index (Phi) is 6.43. The van der Waals surface area contributed by atoms with Crippen molar-refractivity contribution < 1.29 is 4.79 Å². The predicted octanol–water partition coefficient (Wildman–Crippen LogP) is 1.60. The number of nitrogens with zero attached hydrogens (tertiary/aromatic N) is 4. The topological polar surface area (TPSA) is 136 Å². The fourth-order valence-electron chi connectivity index (χ4n) is 4.51. The quantitative estimate of drug-likeness (QED) is 0.559. The molecule has 0 bridgehead atoms. The molecule has 2 aromatic heterocycles. The first-order chi connectivity index (χ1) is 15.9. The van der Waals surface area contributed by atoms with Gasteiger partial charge in [-0.25, -0.2) is 4.79 Å². The molecular formula is C23H28N6O4. The second kappa shape index (κ2) is 9.43. The molecule has 174 valence electrons. The van der Waals surface area contributed by atoms with Gasteiger partial charge >= 0.3 is 5.69 Å². The summed E-state index contributed by atoms with van der Waals surface area (Å²) in [5, 5.41) is 4.61. The zero-order chi connectivity index (χ0) is 23.5. The highest BCUT2D eigenvalue weighted by Crippen LogP contribution is 2.29. The normalized spacial score (nSPS) is 14.1. The number of para-hydroxylation sites is 1. The van der Waals surface area contributed by atoms with E-state index in [1.54, 1.807) is 24.3 Å². The van der Waals surface area contributed by atoms with E-state index in [0.29, 0.717) is 23.9 Å². The van der Waals surface area contributed by atoms with E-state index < -0.39 is 11.2 Å². The van der Waals surface area contributed by atoms with E-state index >= 15 is 0 Å². The second-order valence-corrected chi connectivity index (χ2v) is 8.38. The van der Waals surface area contributed by atoms with Crippen LogP contribution in [0.1, 0.15) is 45.4 Å². The van der Waals surface area contributed by atoms with Crippen LogP contribution < -0.4 is 27.3 Å². The average molecular weight is 453 g/mol. The van der Waals surface area contributed by atoms with Crippen LogP contribution in [-0.2, 0) is 17.9 Å². The van der Waals surface area contributed by atoms with Crippen LogP contribution in [-0.4, -0.2) is 31.3 Å². The molecule has 0 saturated heterocycles. The van der Waals surface area contributed by atoms with Crippen molar-refractivity contribution in [1.82, 2.24) is 19.3 Å². The van der Waals surface area contributed by atoms with Gasteiger partial charge in [0.05, 0.1) is 11.7 Å². The van der Waals surface area contributed by atoms with E-state index in [-0.39, 0.29) is 35.4 Å². The number of H-pyrrole nitrogens is 1. The number of benzene rings is 1. The van der Waals surface area contributed by atoms with Gasteiger partial charge in [0.15, 0.2) is 5.69 Å². The molecule has 1 aliphatic carbocycles. The summed E-state index contributed by atoms with van der Waals surface area (Å²) in [6, 6.07) is 6.72. The minimum atomic E-state index is -0.678. The third kappa shape index (κ3) is 4.33. The summed E-state index contributed by atoms with van der Waals surface area (Å²) in [7, 11) is 0. The average Bonchev–Trinajstić information content (AvgIpc) is 3.32. The molecular weight excluding hydrogens is 424 g/mol. The predicted molar refractivity (Wildman–Crippen MR) is 126 cm³/mol. The third-order valence-electron chi connectivity index (χ3n) is 6.20. The number of nitrogens with one attached hydrogen (secondary N) is 1. The number of rotatable bonds is 7. The van der Waals surface area contributed by atoms with Crippen LogP contribution in [0, 0.1) is 0 Å². The third-order valence-corrected chi connectivity index (χ3v) is 6.20. The lowest BCUT2D eigenvalue weighted by Crippen LogP contribution is -2.47. The molecule has 1 aliphatic rings. The summed E-state index contributed by atoms with van der Waals surface area (Å²) in [6.07, 6.45) is 6.06. The number of unbranched alkanes of at least 4 members (excludes halogenated alkanes) is 1. The van der Waals surface area contributed by atoms with E-state index in [0.717, 1.165) is 32.1 Å². The Balaban J connectivity index is 1.79. The molecule has 4 rings (SSSR count). The van der Waals surface area contributed by atoms with Crippen LogP contribution >= 0.6 is 0 Å². The number of nitrogens with two attached hydrogens (primary N) is 1. The summed E-state index contributed by atoms with van der Waals surface area (Å²) in [5.74, 6) is -0.378. The molecule has 1 aromatic carbocycles. The molecule has 0 radical (unpaired) electrons. The minimum Gasteiger partial charge on any atom is -0.383 e. The lowest BCUT2D eigenvalue weighted by Gasteiger charge is -2.30. The number of anilines is 2. The summed E-state index contributed by atoms with van der Waals surface area (Å²) >= 11 is 0. The van der Waals surface area contributed by atoms with Crippen LogP contribution in [0.15, 0.2) is 44.8 Å². The van der Waals surface area contributed by atoms with Crippen molar-refractivity contribution in [2.45, 2.75) is 64.6 Å². The Bertz CT molecular complexity index is 1350. The van der Waals surface area contributed by atoms with Gasteiger partial charge in [0.25, 0.3) is 5.56 Å². The van der Waals surface area contributed by atoms with Crippen molar-refractivity contribution in [3.8, 4) is 0 Å². The Hall–Kier alpha value is -3.69. The van der Waals surface area contributed by atoms with Crippen molar-refractivity contribution in [3.05, 3.63) is 61.5 Å². The van der Waals surface area contributed by atoms with E-state index in [4.69, 9.17) is 5.73 Å². The van der Waals surface area contributed by atoms with Crippen molar-refractivity contribution in [3.63, 3.8) is 0 Å². The molecule has 33 heavy (non-hydrogen) atoms. The molecule has 0 spiro atoms. The van der Waals surface area contributed by atoms with Crippen LogP contribution in [0.4, 0.5) is 11.5 Å². The number of nitrogen functional groups attached to an aromatic ring is 1. The van der Waals surface area contributed by atoms with Gasteiger partial charge in [-0.2, -0.15) is 5.10 Å². The molecule has 3 N–H and O–H groups in total. The first-order valence-corrected chi connectivity index (χ1v) is 11.3. The molecule has 0 unspecified atom stereocenters. The van der Waals surface area contributed by atoms with Gasteiger partial charge < -0.3 is 5.73 Å². The zero-order valence-electron chi connectivity index (χ0n) is 18.6. The molecule has 10 heteroatoms. The van der Waals surface area contributed by atoms with Gasteiger partial charge in [0.1, 0.15) is 12.4 Å². The molecule has 1 amide bonds. The van der Waals surface area contributed by atoms with Crippen molar-refractivity contribution in [1.29, 1.82) is 0 Å². The molecule has 1 saturated carbocycles. The SMILES string of the molecule is CCCCn1c(N)c(N(C(=O)Cn2ncc(=O)c3ccccc32)C2CCCC2)c(=O)[nH]c1=O. The Labute approximate surface area is 189 Å². The molecule has 0 aliphatic heterocycles. The highest BCUT2D eigenvalue weighted by molar-refractivity contribution is 5.96. The van der Waals surface area contributed by atoms with E-state index in [1.165, 1.54) is 20.3 Å². The number of carbonyl (C=O) groups excluding carboxylic acids is 1. The van der Waals surface area contributed by atoms with Crippen LogP contribution in [0.5, 0.6) is 0 Å². The highest BCUT2D eigenvalue weighted by Gasteiger charge is 2.33. The van der Waals surface area contributed by atoms with Gasteiger partial charge in [0.2, 0.25) is 11.3 Å². The summed E-state index contributed by atoms with van der Waals surface area (Å²) in [5.41, 5.74) is 5.37. The van der Waals surface area contributed by atoms with Crippen molar-refractivity contribution >= 4 is 28.3 Å². The Morgan fingerprint density at radius 3 is 2.67 bits per heavy atom. The molecule has 2 heterocycles. The van der Waals surface area contributed by atoms with E-state index in [9.17, 15) is 19.2 Å². The summed E-state index contributed by atoms with van der Waals surface area (Å²) < 4.78 is 2.78. The molecule has 0 atom stereocenters. The zero-order valence-corrected chi connectivity index (χ0v) is 18.6. The fourth-order valence-corrected chi connectivity index (χ4v) is 4.51. The maximum Gasteiger partial charge on any atom is 0.330 e. The molecule has 1 fully saturated rings. The van der Waals surface area contributed by atoms with Crippen LogP contribution in [0.25, 0.3) is 10.9 Å². The number of amides is 1. The summed E-state index contributed by atoms with van der Waals surface area (Å²) in [4.78, 5) is 54.8. The second-order valence-electron chi connectivity index (χ2n) is 8.38. The molecule has 10 nitrogen and oxygen atoms in total. The summed E-state index contributed by atoms with van der Waals surface area (Å²) in [6.45, 7) is 2.16. The minimum absolute atomic E-state index is 0.00447. The first-order valence-electron chi connectivity index (χ1n) is 11.3. The Morgan fingerprint density at radius 2 is 1.94 bits per heavy atom. The fraction of sp³-hybridized carbons (Fsp3) is 0.435. The van der Waals surface area contributed by atoms with Gasteiger partial charge in [-0.3, -0.25) is 33.5 Å². The van der Waals surface area contributed by atoms with Gasteiger partial charge in [-0.05, 0) is 31.4 Å². The van der Waals surface area contributed by atoms with Gasteiger partial charge in [0, 0.05) is 18.0 Å². The maximum absolute atomic E-state index is 13.6. The monoisotopic (exact) mass is 452 g/mol. The van der Waals surface area contributed by atoms with E-state index in [1.807, 2.05) is 6.92 Å². The lowest BCUT2D eigenvalue weighted by atomic mass is 10.1. The van der Waals surface area contributed by atoms with Gasteiger partial charge in [-0.15, -0.1) is 0 Å². The number of hydrogen-bond donors (Lipinski definition) is 2. The number of hydrogen-bond acceptors (Lipinski definition) is 6. The Morgan fingerprint density at radius 1 is 1.21 bits per heavy atom. The largest absolute Gasteiger partial charge is 0.383 e. The standard InChI is InChI=1S/C23H28N6O4/c1-2-3-12-27-21(24)20(22(32)26-23(27)33)29(15-8-4-5-9-15)19(31)14-28-17-11-7-6-10-16(17)18(30)13-25-28/h6-7,10-11,13,15H,2-5,8-9,12,14,24H2,1H3,(H,26,32,33).